The molecule has 0 saturated carbocycles. The van der Waals surface area contributed by atoms with Gasteiger partial charge in [-0.15, -0.1) is 0 Å². The SMILES string of the molecule is CCCCCCCCCCCCCCCCCCCCCC(=O)OCC(COCCC(C(=O)[O-])[N+](C)(C)C)OC(=O)CCCCCCCCC. The number of quaternary nitrogens is 1. The lowest BCUT2D eigenvalue weighted by molar-refractivity contribution is -0.889. The van der Waals surface area contributed by atoms with Crippen molar-refractivity contribution in [2.45, 2.75) is 212 Å². The summed E-state index contributed by atoms with van der Waals surface area (Å²) < 4.78 is 17.1. The van der Waals surface area contributed by atoms with Crippen molar-refractivity contribution < 1.29 is 38.2 Å². The number of likely N-dealkylation sites (N-methyl/N-ethyl adjacent to an activating group) is 1. The molecular weight excluding hydrogens is 630 g/mol. The van der Waals surface area contributed by atoms with E-state index in [-0.39, 0.29) is 42.7 Å². The molecule has 0 aliphatic heterocycles. The number of carbonyl (C=O) groups excluding carboxylic acids is 3. The minimum absolute atomic E-state index is 0.0478. The summed E-state index contributed by atoms with van der Waals surface area (Å²) in [6.07, 6.45) is 32.9. The second-order valence-electron chi connectivity index (χ2n) is 15.6. The Kier molecular flexibility index (Phi) is 33.3. The molecule has 296 valence electrons. The summed E-state index contributed by atoms with van der Waals surface area (Å²) in [5, 5.41) is 11.6. The van der Waals surface area contributed by atoms with Gasteiger partial charge >= 0.3 is 11.9 Å². The molecule has 0 aromatic carbocycles. The summed E-state index contributed by atoms with van der Waals surface area (Å²) >= 11 is 0. The molecule has 0 N–H and O–H groups in total. The lowest BCUT2D eigenvalue weighted by Crippen LogP contribution is -2.55. The van der Waals surface area contributed by atoms with E-state index in [9.17, 15) is 19.5 Å². The number of carboxylic acid groups (broad SMARTS) is 1. The molecule has 50 heavy (non-hydrogen) atoms. The normalized spacial score (nSPS) is 12.9. The van der Waals surface area contributed by atoms with Crippen LogP contribution in [0.3, 0.4) is 0 Å². The predicted octanol–water partition coefficient (Wildman–Crippen LogP) is 9.64. The van der Waals surface area contributed by atoms with Crippen LogP contribution in [0.4, 0.5) is 0 Å². The molecule has 2 unspecified atom stereocenters. The summed E-state index contributed by atoms with van der Waals surface area (Å²) in [6, 6.07) is -0.717. The van der Waals surface area contributed by atoms with Gasteiger partial charge in [0.1, 0.15) is 12.6 Å². The average molecular weight is 712 g/mol. The van der Waals surface area contributed by atoms with E-state index in [1.807, 2.05) is 0 Å². The van der Waals surface area contributed by atoms with Gasteiger partial charge in [0, 0.05) is 19.3 Å². The molecule has 0 aliphatic rings. The number of ether oxygens (including phenoxy) is 3. The molecule has 0 aromatic heterocycles. The number of nitrogens with zero attached hydrogens (tertiary/aromatic N) is 1. The number of rotatable bonds is 38. The van der Waals surface area contributed by atoms with Crippen LogP contribution in [0.1, 0.15) is 200 Å². The lowest BCUT2D eigenvalue weighted by atomic mass is 10.0. The highest BCUT2D eigenvalue weighted by Gasteiger charge is 2.25. The summed E-state index contributed by atoms with van der Waals surface area (Å²) in [4.78, 5) is 36.6. The Morgan fingerprint density at radius 1 is 0.520 bits per heavy atom. The van der Waals surface area contributed by atoms with Gasteiger partial charge in [-0.05, 0) is 12.8 Å². The molecule has 0 radical (unpaired) electrons. The van der Waals surface area contributed by atoms with E-state index in [0.29, 0.717) is 12.8 Å². The van der Waals surface area contributed by atoms with Crippen molar-refractivity contribution in [2.24, 2.45) is 0 Å². The third-order valence-corrected chi connectivity index (χ3v) is 9.74. The standard InChI is InChI=1S/C42H81NO7/c1-6-8-10-12-14-15-16-17-18-19-20-21-22-23-24-25-27-28-30-32-40(44)49-37-38(36-48-35-34-39(42(46)47)43(3,4)5)50-41(45)33-31-29-26-13-11-9-7-2/h38-39H,6-37H2,1-5H3. The van der Waals surface area contributed by atoms with E-state index in [0.717, 1.165) is 38.5 Å². The van der Waals surface area contributed by atoms with Gasteiger partial charge in [-0.2, -0.15) is 0 Å². The zero-order chi connectivity index (χ0) is 37.1. The monoisotopic (exact) mass is 712 g/mol. The maximum absolute atomic E-state index is 12.5. The van der Waals surface area contributed by atoms with Crippen LogP contribution in [0.2, 0.25) is 0 Å². The van der Waals surface area contributed by atoms with E-state index in [2.05, 4.69) is 13.8 Å². The minimum atomic E-state index is -1.12. The molecule has 0 heterocycles. The quantitative estimate of drug-likeness (QED) is 0.0357. The fourth-order valence-corrected chi connectivity index (χ4v) is 6.42. The smallest absolute Gasteiger partial charge is 0.306 e. The Morgan fingerprint density at radius 2 is 0.880 bits per heavy atom. The van der Waals surface area contributed by atoms with E-state index in [1.165, 1.54) is 128 Å². The van der Waals surface area contributed by atoms with Crippen molar-refractivity contribution in [1.82, 2.24) is 0 Å². The number of esters is 2. The van der Waals surface area contributed by atoms with Gasteiger partial charge in [0.25, 0.3) is 0 Å². The number of hydrogen-bond donors (Lipinski definition) is 0. The number of hydrogen-bond acceptors (Lipinski definition) is 7. The summed E-state index contributed by atoms with van der Waals surface area (Å²) in [7, 11) is 5.40. The van der Waals surface area contributed by atoms with E-state index in [4.69, 9.17) is 14.2 Å². The maximum atomic E-state index is 12.5. The van der Waals surface area contributed by atoms with Crippen LogP contribution in [0.15, 0.2) is 0 Å². The van der Waals surface area contributed by atoms with Crippen molar-refractivity contribution in [2.75, 3.05) is 41.0 Å². The second-order valence-corrected chi connectivity index (χ2v) is 15.6. The molecule has 0 rings (SSSR count). The molecule has 0 aromatic rings. The number of aliphatic carboxylic acids is 1. The molecule has 0 bridgehead atoms. The molecule has 0 spiro atoms. The lowest BCUT2D eigenvalue weighted by Gasteiger charge is -2.34. The van der Waals surface area contributed by atoms with Crippen molar-refractivity contribution in [3.8, 4) is 0 Å². The largest absolute Gasteiger partial charge is 0.544 e. The van der Waals surface area contributed by atoms with Crippen LogP contribution in [0.25, 0.3) is 0 Å². The van der Waals surface area contributed by atoms with Crippen LogP contribution in [-0.4, -0.2) is 75.5 Å². The molecule has 0 aliphatic carbocycles. The Hall–Kier alpha value is -1.67. The number of carbonyl (C=O) groups is 3. The van der Waals surface area contributed by atoms with Gasteiger partial charge in [0.05, 0.1) is 40.3 Å². The molecule has 0 saturated heterocycles. The first kappa shape index (κ1) is 48.3. The molecule has 8 heteroatoms. The highest BCUT2D eigenvalue weighted by Crippen LogP contribution is 2.16. The van der Waals surface area contributed by atoms with E-state index in [1.54, 1.807) is 21.1 Å². The Balaban J connectivity index is 4.14. The van der Waals surface area contributed by atoms with Crippen LogP contribution >= 0.6 is 0 Å². The molecule has 2 atom stereocenters. The van der Waals surface area contributed by atoms with Crippen LogP contribution < -0.4 is 5.11 Å². The maximum Gasteiger partial charge on any atom is 0.306 e. The van der Waals surface area contributed by atoms with Crippen LogP contribution in [0.5, 0.6) is 0 Å². The number of carboxylic acids is 1. The molecular formula is C42H81NO7. The third-order valence-electron chi connectivity index (χ3n) is 9.74. The van der Waals surface area contributed by atoms with Gasteiger partial charge in [-0.3, -0.25) is 9.59 Å². The molecule has 0 amide bonds. The Bertz CT molecular complexity index is 797. The first-order valence-corrected chi connectivity index (χ1v) is 21.1. The predicted molar refractivity (Wildman–Crippen MR) is 204 cm³/mol. The van der Waals surface area contributed by atoms with E-state index >= 15 is 0 Å². The minimum Gasteiger partial charge on any atom is -0.544 e. The van der Waals surface area contributed by atoms with Crippen molar-refractivity contribution in [3.05, 3.63) is 0 Å². The Labute approximate surface area is 308 Å². The van der Waals surface area contributed by atoms with Crippen LogP contribution in [0, 0.1) is 0 Å². The van der Waals surface area contributed by atoms with Crippen molar-refractivity contribution in [3.63, 3.8) is 0 Å². The van der Waals surface area contributed by atoms with Gasteiger partial charge in [-0.1, -0.05) is 168 Å². The van der Waals surface area contributed by atoms with Crippen LogP contribution in [-0.2, 0) is 28.6 Å². The second kappa shape index (κ2) is 34.4. The Morgan fingerprint density at radius 3 is 1.24 bits per heavy atom. The van der Waals surface area contributed by atoms with Gasteiger partial charge in [-0.25, -0.2) is 0 Å². The molecule has 0 fully saturated rings. The summed E-state index contributed by atoms with van der Waals surface area (Å²) in [5.74, 6) is -1.73. The molecule has 8 nitrogen and oxygen atoms in total. The fraction of sp³-hybridized carbons (Fsp3) is 0.929. The highest BCUT2D eigenvalue weighted by atomic mass is 16.6. The van der Waals surface area contributed by atoms with Crippen molar-refractivity contribution in [1.29, 1.82) is 0 Å². The van der Waals surface area contributed by atoms with Gasteiger partial charge < -0.3 is 28.6 Å². The zero-order valence-corrected chi connectivity index (χ0v) is 33.6. The summed E-state index contributed by atoms with van der Waals surface area (Å²) in [6.45, 7) is 4.64. The van der Waals surface area contributed by atoms with E-state index < -0.39 is 18.1 Å². The first-order chi connectivity index (χ1) is 24.1. The highest BCUT2D eigenvalue weighted by molar-refractivity contribution is 5.70. The average Bonchev–Trinajstić information content (AvgIpc) is 3.06. The van der Waals surface area contributed by atoms with Gasteiger partial charge in [0.15, 0.2) is 6.10 Å². The number of unbranched alkanes of at least 4 members (excludes halogenated alkanes) is 24. The third kappa shape index (κ3) is 32.3. The fourth-order valence-electron chi connectivity index (χ4n) is 6.42. The topological polar surface area (TPSA) is 102 Å². The van der Waals surface area contributed by atoms with Gasteiger partial charge in [0.2, 0.25) is 0 Å². The van der Waals surface area contributed by atoms with Crippen molar-refractivity contribution >= 4 is 17.9 Å². The summed E-state index contributed by atoms with van der Waals surface area (Å²) in [5.41, 5.74) is 0. The zero-order valence-electron chi connectivity index (χ0n) is 33.6. The first-order valence-electron chi connectivity index (χ1n) is 21.1.